The summed E-state index contributed by atoms with van der Waals surface area (Å²) in [6.45, 7) is 1.30. The molecule has 0 aromatic heterocycles. The molecule has 1 aliphatic rings. The molecule has 0 aliphatic carbocycles. The van der Waals surface area contributed by atoms with E-state index in [1.54, 1.807) is 6.07 Å². The maximum atomic E-state index is 13.4. The van der Waals surface area contributed by atoms with E-state index in [-0.39, 0.29) is 23.4 Å². The van der Waals surface area contributed by atoms with Gasteiger partial charge in [0.05, 0.1) is 6.04 Å². The number of halogens is 6. The van der Waals surface area contributed by atoms with Crippen LogP contribution >= 0.6 is 0 Å². The van der Waals surface area contributed by atoms with Gasteiger partial charge in [-0.05, 0) is 37.1 Å². The van der Waals surface area contributed by atoms with Crippen molar-refractivity contribution in [1.29, 1.82) is 0 Å². The van der Waals surface area contributed by atoms with Gasteiger partial charge in [0.2, 0.25) is 0 Å². The molecule has 1 aliphatic heterocycles. The molecule has 0 radical (unpaired) electrons. The summed E-state index contributed by atoms with van der Waals surface area (Å²) in [5.41, 5.74) is -0.212. The molecule has 0 fully saturated rings. The summed E-state index contributed by atoms with van der Waals surface area (Å²) in [6.07, 6.45) is -10.7. The number of alkyl halides is 6. The number of nitrogens with zero attached hydrogens (tertiary/aromatic N) is 2. The van der Waals surface area contributed by atoms with Crippen molar-refractivity contribution in [3.63, 3.8) is 0 Å². The summed E-state index contributed by atoms with van der Waals surface area (Å²) in [5.74, 6) is -4.26. The second-order valence-electron chi connectivity index (χ2n) is 6.84. The number of hydrogen-bond acceptors (Lipinski definition) is 2. The average Bonchev–Trinajstić information content (AvgIpc) is 2.67. The molecule has 4 nitrogen and oxygen atoms in total. The van der Waals surface area contributed by atoms with Crippen molar-refractivity contribution in [3.8, 4) is 0 Å². The van der Waals surface area contributed by atoms with Crippen LogP contribution in [0.25, 0.3) is 0 Å². The van der Waals surface area contributed by atoms with Crippen LogP contribution in [0.4, 0.5) is 37.7 Å². The van der Waals surface area contributed by atoms with Gasteiger partial charge in [0.15, 0.2) is 0 Å². The molecule has 2 aromatic carbocycles. The van der Waals surface area contributed by atoms with Crippen LogP contribution < -0.4 is 9.80 Å². The Balaban J connectivity index is 2.16. The predicted molar refractivity (Wildman–Crippen MR) is 96.8 cm³/mol. The van der Waals surface area contributed by atoms with E-state index in [2.05, 4.69) is 0 Å². The van der Waals surface area contributed by atoms with E-state index in [4.69, 9.17) is 0 Å². The normalized spacial score (nSPS) is 19.2. The van der Waals surface area contributed by atoms with Gasteiger partial charge in [0.25, 0.3) is 0 Å². The monoisotopic (exact) mass is 430 g/mol. The van der Waals surface area contributed by atoms with Crippen LogP contribution in [0.3, 0.4) is 0 Å². The summed E-state index contributed by atoms with van der Waals surface area (Å²) in [7, 11) is 0. The highest BCUT2D eigenvalue weighted by Gasteiger charge is 2.51. The Labute approximate surface area is 167 Å². The van der Waals surface area contributed by atoms with Crippen molar-refractivity contribution in [3.05, 3.63) is 60.2 Å². The molecule has 0 bridgehead atoms. The summed E-state index contributed by atoms with van der Waals surface area (Å²) >= 11 is 0. The van der Waals surface area contributed by atoms with Gasteiger partial charge in [0.1, 0.15) is 0 Å². The number of benzene rings is 2. The molecule has 0 saturated carbocycles. The highest BCUT2D eigenvalue weighted by Crippen LogP contribution is 2.44. The van der Waals surface area contributed by atoms with Gasteiger partial charge in [0, 0.05) is 17.4 Å². The highest BCUT2D eigenvalue weighted by atomic mass is 19.4. The number of amides is 2. The molecule has 30 heavy (non-hydrogen) atoms. The van der Waals surface area contributed by atoms with Gasteiger partial charge >= 0.3 is 24.2 Å². The van der Waals surface area contributed by atoms with Crippen molar-refractivity contribution < 1.29 is 35.9 Å². The van der Waals surface area contributed by atoms with E-state index in [9.17, 15) is 35.9 Å². The van der Waals surface area contributed by atoms with Crippen LogP contribution in [0.2, 0.25) is 0 Å². The zero-order valence-corrected chi connectivity index (χ0v) is 15.5. The zero-order valence-electron chi connectivity index (χ0n) is 15.5. The second-order valence-corrected chi connectivity index (χ2v) is 6.84. The Kier molecular flexibility index (Phi) is 5.53. The third kappa shape index (κ3) is 3.99. The quantitative estimate of drug-likeness (QED) is 0.629. The fourth-order valence-corrected chi connectivity index (χ4v) is 3.64. The van der Waals surface area contributed by atoms with Crippen molar-refractivity contribution >= 4 is 23.2 Å². The summed E-state index contributed by atoms with van der Waals surface area (Å²) in [6, 6.07) is 10.1. The average molecular weight is 430 g/mol. The lowest BCUT2D eigenvalue weighted by Gasteiger charge is -2.43. The molecule has 2 unspecified atom stereocenters. The second kappa shape index (κ2) is 7.66. The van der Waals surface area contributed by atoms with E-state index in [1.165, 1.54) is 55.5 Å². The molecule has 160 valence electrons. The largest absolute Gasteiger partial charge is 0.471 e. The van der Waals surface area contributed by atoms with Crippen molar-refractivity contribution in [2.45, 2.75) is 37.8 Å². The SMILES string of the molecule is CC1CC(N(C(=O)C(F)(F)F)c2ccccc2)c2ccccc2N1C(=O)C(F)(F)F. The van der Waals surface area contributed by atoms with Crippen LogP contribution in [0.5, 0.6) is 0 Å². The molecule has 2 atom stereocenters. The molecular formula is C20H16F6N2O2. The number of carbonyl (C=O) groups is 2. The third-order valence-corrected chi connectivity index (χ3v) is 4.83. The fourth-order valence-electron chi connectivity index (χ4n) is 3.64. The van der Waals surface area contributed by atoms with E-state index in [0.29, 0.717) is 9.80 Å². The van der Waals surface area contributed by atoms with Crippen LogP contribution in [-0.2, 0) is 9.59 Å². The molecule has 2 amide bonds. The number of fused-ring (bicyclic) bond motifs is 1. The van der Waals surface area contributed by atoms with Crippen LogP contribution in [-0.4, -0.2) is 30.2 Å². The van der Waals surface area contributed by atoms with Gasteiger partial charge in [-0.2, -0.15) is 26.3 Å². The minimum absolute atomic E-state index is 0.0228. The van der Waals surface area contributed by atoms with Gasteiger partial charge in [-0.1, -0.05) is 36.4 Å². The van der Waals surface area contributed by atoms with Crippen molar-refractivity contribution in [1.82, 2.24) is 0 Å². The molecular weight excluding hydrogens is 414 g/mol. The number of rotatable bonds is 2. The number of para-hydroxylation sites is 2. The number of carbonyl (C=O) groups excluding carboxylic acids is 2. The lowest BCUT2D eigenvalue weighted by atomic mass is 9.89. The molecule has 1 heterocycles. The predicted octanol–water partition coefficient (Wildman–Crippen LogP) is 5.01. The lowest BCUT2D eigenvalue weighted by Crippen LogP contribution is -2.53. The Morgan fingerprint density at radius 1 is 0.900 bits per heavy atom. The van der Waals surface area contributed by atoms with Gasteiger partial charge < -0.3 is 4.90 Å². The van der Waals surface area contributed by atoms with Crippen LogP contribution in [0.15, 0.2) is 54.6 Å². The maximum Gasteiger partial charge on any atom is 0.471 e. The van der Waals surface area contributed by atoms with E-state index >= 15 is 0 Å². The van der Waals surface area contributed by atoms with Crippen LogP contribution in [0.1, 0.15) is 24.9 Å². The summed E-state index contributed by atoms with van der Waals surface area (Å²) in [4.78, 5) is 25.3. The van der Waals surface area contributed by atoms with Gasteiger partial charge in [-0.25, -0.2) is 0 Å². The van der Waals surface area contributed by atoms with Crippen LogP contribution in [0, 0.1) is 0 Å². The van der Waals surface area contributed by atoms with Gasteiger partial charge in [-0.15, -0.1) is 0 Å². The number of anilines is 2. The van der Waals surface area contributed by atoms with Gasteiger partial charge in [-0.3, -0.25) is 14.5 Å². The first-order valence-corrected chi connectivity index (χ1v) is 8.87. The van der Waals surface area contributed by atoms with Crippen molar-refractivity contribution in [2.75, 3.05) is 9.80 Å². The third-order valence-electron chi connectivity index (χ3n) is 4.83. The Hall–Kier alpha value is -3.04. The molecule has 2 aromatic rings. The topological polar surface area (TPSA) is 40.6 Å². The minimum atomic E-state index is -5.20. The van der Waals surface area contributed by atoms with E-state index in [0.717, 1.165) is 0 Å². The molecule has 0 saturated heterocycles. The highest BCUT2D eigenvalue weighted by molar-refractivity contribution is 6.01. The summed E-state index contributed by atoms with van der Waals surface area (Å²) in [5, 5.41) is 0. The first kappa shape index (κ1) is 21.7. The smallest absolute Gasteiger partial charge is 0.301 e. The Bertz CT molecular complexity index is 942. The first-order valence-electron chi connectivity index (χ1n) is 8.87. The molecule has 10 heteroatoms. The molecule has 3 rings (SSSR count). The standard InChI is InChI=1S/C20H16F6N2O2/c1-12-11-16(28(18(30)20(24,25)26)13-7-3-2-4-8-13)14-9-5-6-10-15(14)27(12)17(29)19(21,22)23/h2-10,12,16H,11H2,1H3. The molecule has 0 spiro atoms. The maximum absolute atomic E-state index is 13.4. The summed E-state index contributed by atoms with van der Waals surface area (Å²) < 4.78 is 79.4. The Morgan fingerprint density at radius 3 is 2.03 bits per heavy atom. The lowest BCUT2D eigenvalue weighted by molar-refractivity contribution is -0.171. The fraction of sp³-hybridized carbons (Fsp3) is 0.300. The zero-order chi connectivity index (χ0) is 22.3. The van der Waals surface area contributed by atoms with E-state index in [1.807, 2.05) is 0 Å². The minimum Gasteiger partial charge on any atom is -0.301 e. The number of hydrogen-bond donors (Lipinski definition) is 0. The van der Waals surface area contributed by atoms with E-state index < -0.39 is 36.3 Å². The molecule has 0 N–H and O–H groups in total. The first-order chi connectivity index (χ1) is 13.9. The Morgan fingerprint density at radius 2 is 1.47 bits per heavy atom. The van der Waals surface area contributed by atoms with Crippen molar-refractivity contribution in [2.24, 2.45) is 0 Å².